The van der Waals surface area contributed by atoms with Gasteiger partial charge in [0.05, 0.1) is 18.0 Å². The number of methoxy groups -OCH3 is 1. The Balaban J connectivity index is 1.79. The largest absolute Gasteiger partial charge is 0.496 e. The van der Waals surface area contributed by atoms with Crippen molar-refractivity contribution in [2.45, 2.75) is 50.1 Å². The van der Waals surface area contributed by atoms with E-state index in [-0.39, 0.29) is 16.8 Å². The van der Waals surface area contributed by atoms with Crippen LogP contribution in [-0.2, 0) is 14.8 Å². The Kier molecular flexibility index (Phi) is 7.06. The van der Waals surface area contributed by atoms with Gasteiger partial charge in [0.1, 0.15) is 11.8 Å². The van der Waals surface area contributed by atoms with Gasteiger partial charge >= 0.3 is 0 Å². The second kappa shape index (κ2) is 9.37. The van der Waals surface area contributed by atoms with Gasteiger partial charge in [0.15, 0.2) is 0 Å². The fraction of sp³-hybridized carbons (Fsp3) is 0.409. The highest BCUT2D eigenvalue weighted by Gasteiger charge is 2.39. The normalized spacial score (nSPS) is 18.2. The van der Waals surface area contributed by atoms with E-state index in [0.29, 0.717) is 30.8 Å². The molecule has 1 fully saturated rings. The molecule has 0 saturated carbocycles. The van der Waals surface area contributed by atoms with Crippen molar-refractivity contribution >= 4 is 27.5 Å². The number of benzene rings is 2. The molecule has 30 heavy (non-hydrogen) atoms. The molecule has 0 spiro atoms. The van der Waals surface area contributed by atoms with Gasteiger partial charge in [-0.3, -0.25) is 4.79 Å². The molecule has 0 radical (unpaired) electrons. The summed E-state index contributed by atoms with van der Waals surface area (Å²) in [6.45, 7) is 4.26. The molecule has 0 unspecified atom stereocenters. The topological polar surface area (TPSA) is 75.7 Å². The minimum atomic E-state index is -3.78. The lowest BCUT2D eigenvalue weighted by atomic mass is 10.0. The van der Waals surface area contributed by atoms with Crippen LogP contribution in [0.2, 0.25) is 5.02 Å². The molecule has 1 N–H and O–H groups in total. The summed E-state index contributed by atoms with van der Waals surface area (Å²) < 4.78 is 32.8. The van der Waals surface area contributed by atoms with Crippen LogP contribution in [0.3, 0.4) is 0 Å². The van der Waals surface area contributed by atoms with Crippen LogP contribution < -0.4 is 10.1 Å². The minimum Gasteiger partial charge on any atom is -0.496 e. The van der Waals surface area contributed by atoms with Gasteiger partial charge in [-0.2, -0.15) is 4.31 Å². The Bertz CT molecular complexity index is 1010. The lowest BCUT2D eigenvalue weighted by Crippen LogP contribution is -2.46. The van der Waals surface area contributed by atoms with Gasteiger partial charge in [-0.05, 0) is 67.6 Å². The van der Waals surface area contributed by atoms with Gasteiger partial charge in [-0.25, -0.2) is 8.42 Å². The summed E-state index contributed by atoms with van der Waals surface area (Å²) in [6, 6.07) is 10.9. The first-order valence-electron chi connectivity index (χ1n) is 10.00. The maximum Gasteiger partial charge on any atom is 0.243 e. The Morgan fingerprint density at radius 1 is 1.27 bits per heavy atom. The molecule has 2 atom stereocenters. The highest BCUT2D eigenvalue weighted by atomic mass is 35.5. The van der Waals surface area contributed by atoms with Crippen LogP contribution in [0.25, 0.3) is 0 Å². The third-order valence-corrected chi connectivity index (χ3v) is 7.65. The zero-order valence-electron chi connectivity index (χ0n) is 17.4. The third kappa shape index (κ3) is 4.63. The van der Waals surface area contributed by atoms with Crippen molar-refractivity contribution in [2.75, 3.05) is 13.7 Å². The van der Waals surface area contributed by atoms with Crippen LogP contribution >= 0.6 is 11.6 Å². The van der Waals surface area contributed by atoms with Crippen molar-refractivity contribution in [1.29, 1.82) is 0 Å². The highest BCUT2D eigenvalue weighted by molar-refractivity contribution is 7.89. The molecule has 1 amide bonds. The van der Waals surface area contributed by atoms with Crippen molar-refractivity contribution in [3.8, 4) is 5.75 Å². The average molecular weight is 451 g/mol. The SMILES string of the molecule is CC[C@@H](NC(=O)[C@@H]1CCCN1S(=O)(=O)c1ccc(Cl)cc1)c1ccc(OC)c(C)c1. The Morgan fingerprint density at radius 2 is 1.97 bits per heavy atom. The molecular formula is C22H27ClN2O4S. The first kappa shape index (κ1) is 22.6. The molecule has 162 valence electrons. The molecule has 1 aliphatic rings. The summed E-state index contributed by atoms with van der Waals surface area (Å²) in [4.78, 5) is 13.2. The van der Waals surface area contributed by atoms with Crippen LogP contribution in [0.5, 0.6) is 5.75 Å². The fourth-order valence-corrected chi connectivity index (χ4v) is 5.62. The zero-order valence-corrected chi connectivity index (χ0v) is 19.0. The summed E-state index contributed by atoms with van der Waals surface area (Å²) in [6.07, 6.45) is 1.83. The quantitative estimate of drug-likeness (QED) is 0.689. The number of amides is 1. The van der Waals surface area contributed by atoms with Crippen LogP contribution in [0.4, 0.5) is 0 Å². The number of halogens is 1. The monoisotopic (exact) mass is 450 g/mol. The van der Waals surface area contributed by atoms with Gasteiger partial charge in [-0.15, -0.1) is 0 Å². The summed E-state index contributed by atoms with van der Waals surface area (Å²) >= 11 is 5.88. The molecule has 0 bridgehead atoms. The van der Waals surface area contributed by atoms with E-state index < -0.39 is 16.1 Å². The highest BCUT2D eigenvalue weighted by Crippen LogP contribution is 2.29. The third-order valence-electron chi connectivity index (χ3n) is 5.47. The van der Waals surface area contributed by atoms with Crippen molar-refractivity contribution in [3.05, 3.63) is 58.6 Å². The van der Waals surface area contributed by atoms with E-state index in [1.54, 1.807) is 19.2 Å². The molecule has 0 aliphatic carbocycles. The predicted molar refractivity (Wildman–Crippen MR) is 117 cm³/mol. The second-order valence-corrected chi connectivity index (χ2v) is 9.75. The van der Waals surface area contributed by atoms with Crippen LogP contribution in [0, 0.1) is 6.92 Å². The molecule has 1 saturated heterocycles. The average Bonchev–Trinajstić information content (AvgIpc) is 3.23. The van der Waals surface area contributed by atoms with Crippen LogP contribution in [-0.4, -0.2) is 38.3 Å². The molecule has 8 heteroatoms. The maximum absolute atomic E-state index is 13.1. The number of nitrogens with zero attached hydrogens (tertiary/aromatic N) is 1. The van der Waals surface area contributed by atoms with Crippen LogP contribution in [0.1, 0.15) is 43.4 Å². The number of carbonyl (C=O) groups is 1. The molecular weight excluding hydrogens is 424 g/mol. The van der Waals surface area contributed by atoms with E-state index in [1.165, 1.54) is 16.4 Å². The number of hydrogen-bond donors (Lipinski definition) is 1. The van der Waals surface area contributed by atoms with Crippen molar-refractivity contribution in [2.24, 2.45) is 0 Å². The Labute approximate surface area is 183 Å². The van der Waals surface area contributed by atoms with Crippen molar-refractivity contribution in [1.82, 2.24) is 9.62 Å². The fourth-order valence-electron chi connectivity index (χ4n) is 3.84. The van der Waals surface area contributed by atoms with Gasteiger partial charge in [0.2, 0.25) is 15.9 Å². The van der Waals surface area contributed by atoms with Crippen LogP contribution in [0.15, 0.2) is 47.4 Å². The molecule has 6 nitrogen and oxygen atoms in total. The van der Waals surface area contributed by atoms with E-state index >= 15 is 0 Å². The lowest BCUT2D eigenvalue weighted by Gasteiger charge is -2.26. The maximum atomic E-state index is 13.1. The molecule has 3 rings (SSSR count). The van der Waals surface area contributed by atoms with Gasteiger partial charge in [-0.1, -0.05) is 30.7 Å². The van der Waals surface area contributed by atoms with E-state index in [2.05, 4.69) is 5.32 Å². The molecule has 2 aromatic rings. The lowest BCUT2D eigenvalue weighted by molar-refractivity contribution is -0.125. The molecule has 0 aromatic heterocycles. The molecule has 2 aromatic carbocycles. The molecule has 1 aliphatic heterocycles. The number of carbonyl (C=O) groups excluding carboxylic acids is 1. The number of nitrogens with one attached hydrogen (secondary N) is 1. The zero-order chi connectivity index (χ0) is 21.9. The van der Waals surface area contributed by atoms with Crippen molar-refractivity contribution < 1.29 is 17.9 Å². The number of rotatable bonds is 7. The first-order chi connectivity index (χ1) is 14.3. The first-order valence-corrected chi connectivity index (χ1v) is 11.8. The van der Waals surface area contributed by atoms with E-state index in [9.17, 15) is 13.2 Å². The van der Waals surface area contributed by atoms with E-state index in [1.807, 2.05) is 32.0 Å². The summed E-state index contributed by atoms with van der Waals surface area (Å²) in [5.74, 6) is 0.515. The van der Waals surface area contributed by atoms with Gasteiger partial charge in [0.25, 0.3) is 0 Å². The minimum absolute atomic E-state index is 0.143. The number of hydrogen-bond acceptors (Lipinski definition) is 4. The Hall–Kier alpha value is -2.09. The summed E-state index contributed by atoms with van der Waals surface area (Å²) in [5.41, 5.74) is 1.95. The smallest absolute Gasteiger partial charge is 0.243 e. The van der Waals surface area contributed by atoms with Crippen molar-refractivity contribution in [3.63, 3.8) is 0 Å². The van der Waals surface area contributed by atoms with Gasteiger partial charge in [0, 0.05) is 11.6 Å². The molecule has 1 heterocycles. The van der Waals surface area contributed by atoms with Gasteiger partial charge < -0.3 is 10.1 Å². The summed E-state index contributed by atoms with van der Waals surface area (Å²) in [5, 5.41) is 3.51. The number of aryl methyl sites for hydroxylation is 1. The van der Waals surface area contributed by atoms with E-state index in [0.717, 1.165) is 16.9 Å². The number of sulfonamides is 1. The second-order valence-electron chi connectivity index (χ2n) is 7.43. The Morgan fingerprint density at radius 3 is 2.57 bits per heavy atom. The van der Waals surface area contributed by atoms with E-state index in [4.69, 9.17) is 16.3 Å². The predicted octanol–water partition coefficient (Wildman–Crippen LogP) is 4.08. The number of ether oxygens (including phenoxy) is 1. The summed E-state index contributed by atoms with van der Waals surface area (Å²) in [7, 11) is -2.15. The standard InChI is InChI=1S/C22H27ClN2O4S/c1-4-19(16-7-12-21(29-3)15(2)14-16)24-22(26)20-6-5-13-25(20)30(27,28)18-10-8-17(23)9-11-18/h7-12,14,19-20H,4-6,13H2,1-3H3,(H,24,26)/t19-,20+/m1/s1.